The lowest BCUT2D eigenvalue weighted by Crippen LogP contribution is -2.58. The van der Waals surface area contributed by atoms with E-state index in [0.29, 0.717) is 25.7 Å². The Labute approximate surface area is 169 Å². The molecule has 1 saturated heterocycles. The molecule has 29 heavy (non-hydrogen) atoms. The smallest absolute Gasteiger partial charge is 0.129 e. The van der Waals surface area contributed by atoms with E-state index in [2.05, 4.69) is 0 Å². The molecule has 1 unspecified atom stereocenters. The van der Waals surface area contributed by atoms with E-state index in [4.69, 9.17) is 5.73 Å². The maximum atomic E-state index is 13.9. The molecule has 1 aliphatic rings. The third-order valence-electron chi connectivity index (χ3n) is 6.07. The van der Waals surface area contributed by atoms with Gasteiger partial charge in [0.05, 0.1) is 32.2 Å². The standard InChI is InChI=1S/C23H29F4N2/c24-20-9-1-10-21(25)18(20)7-4-14-29(13-3-6-17(28)16-29)15-5-8-19-22(26)11-2-12-23(19)27/h1-2,9-12,17H,3-8,13-16,28H2/q+1. The van der Waals surface area contributed by atoms with E-state index < -0.39 is 23.3 Å². The molecule has 3 rings (SSSR count). The highest BCUT2D eigenvalue weighted by atomic mass is 19.1. The largest absolute Gasteiger partial charge is 0.323 e. The Morgan fingerprint density at radius 3 is 1.66 bits per heavy atom. The lowest BCUT2D eigenvalue weighted by atomic mass is 9.99. The van der Waals surface area contributed by atoms with Crippen molar-refractivity contribution < 1.29 is 22.0 Å². The van der Waals surface area contributed by atoms with Gasteiger partial charge in [-0.25, -0.2) is 17.6 Å². The van der Waals surface area contributed by atoms with E-state index in [1.807, 2.05) is 0 Å². The van der Waals surface area contributed by atoms with Crippen molar-refractivity contribution in [1.82, 2.24) is 0 Å². The summed E-state index contributed by atoms with van der Waals surface area (Å²) in [4.78, 5) is 0. The van der Waals surface area contributed by atoms with Gasteiger partial charge in [-0.2, -0.15) is 0 Å². The van der Waals surface area contributed by atoms with Crippen LogP contribution in [0.1, 0.15) is 36.8 Å². The van der Waals surface area contributed by atoms with Crippen molar-refractivity contribution in [2.24, 2.45) is 5.73 Å². The van der Waals surface area contributed by atoms with Crippen molar-refractivity contribution in [2.45, 2.75) is 44.6 Å². The molecule has 2 aromatic rings. The molecule has 0 saturated carbocycles. The number of hydrogen-bond donors (Lipinski definition) is 1. The van der Waals surface area contributed by atoms with E-state index >= 15 is 0 Å². The van der Waals surface area contributed by atoms with Gasteiger partial charge in [0, 0.05) is 24.0 Å². The van der Waals surface area contributed by atoms with Crippen LogP contribution in [0.4, 0.5) is 17.6 Å². The number of benzene rings is 2. The minimum Gasteiger partial charge on any atom is -0.323 e. The molecular weight excluding hydrogens is 380 g/mol. The van der Waals surface area contributed by atoms with Crippen LogP contribution in [-0.4, -0.2) is 36.7 Å². The maximum Gasteiger partial charge on any atom is 0.129 e. The fourth-order valence-corrected chi connectivity index (χ4v) is 4.61. The number of hydrogen-bond acceptors (Lipinski definition) is 1. The Hall–Kier alpha value is -1.92. The first kappa shape index (κ1) is 21.8. The topological polar surface area (TPSA) is 26.0 Å². The Balaban J connectivity index is 1.63. The summed E-state index contributed by atoms with van der Waals surface area (Å²) in [6, 6.07) is 7.94. The van der Waals surface area contributed by atoms with E-state index in [1.165, 1.54) is 36.4 Å². The molecule has 2 nitrogen and oxygen atoms in total. The molecule has 0 aromatic heterocycles. The van der Waals surface area contributed by atoms with Crippen molar-refractivity contribution in [3.8, 4) is 0 Å². The summed E-state index contributed by atoms with van der Waals surface area (Å²) in [6.07, 6.45) is 3.88. The second-order valence-electron chi connectivity index (χ2n) is 8.20. The quantitative estimate of drug-likeness (QED) is 0.494. The van der Waals surface area contributed by atoms with Crippen LogP contribution in [0.5, 0.6) is 0 Å². The molecule has 158 valence electrons. The molecule has 0 aliphatic carbocycles. The van der Waals surface area contributed by atoms with Gasteiger partial charge in [-0.15, -0.1) is 0 Å². The molecule has 0 spiro atoms. The fourth-order valence-electron chi connectivity index (χ4n) is 4.61. The Morgan fingerprint density at radius 1 is 0.793 bits per heavy atom. The van der Waals surface area contributed by atoms with E-state index in [9.17, 15) is 17.6 Å². The summed E-state index contributed by atoms with van der Waals surface area (Å²) in [6.45, 7) is 3.23. The van der Waals surface area contributed by atoms with Gasteiger partial charge in [0.15, 0.2) is 0 Å². The van der Waals surface area contributed by atoms with E-state index in [-0.39, 0.29) is 17.2 Å². The first-order valence-corrected chi connectivity index (χ1v) is 10.4. The molecule has 0 bridgehead atoms. The predicted octanol–water partition coefficient (Wildman–Crippen LogP) is 4.75. The zero-order chi connectivity index (χ0) is 20.9. The molecule has 2 aromatic carbocycles. The van der Waals surface area contributed by atoms with Gasteiger partial charge in [-0.3, -0.25) is 0 Å². The van der Waals surface area contributed by atoms with Gasteiger partial charge in [-0.1, -0.05) is 12.1 Å². The number of likely N-dealkylation sites (tertiary alicyclic amines) is 1. The molecule has 1 heterocycles. The van der Waals surface area contributed by atoms with Gasteiger partial charge in [0.25, 0.3) is 0 Å². The first-order valence-electron chi connectivity index (χ1n) is 10.4. The molecule has 0 radical (unpaired) electrons. The van der Waals surface area contributed by atoms with E-state index in [0.717, 1.165) is 43.5 Å². The average Bonchev–Trinajstić information content (AvgIpc) is 2.67. The monoisotopic (exact) mass is 409 g/mol. The predicted molar refractivity (Wildman–Crippen MR) is 106 cm³/mol. The minimum absolute atomic E-state index is 0.0825. The highest BCUT2D eigenvalue weighted by Gasteiger charge is 2.33. The third-order valence-corrected chi connectivity index (χ3v) is 6.07. The zero-order valence-electron chi connectivity index (χ0n) is 16.6. The maximum absolute atomic E-state index is 13.9. The van der Waals surface area contributed by atoms with Crippen molar-refractivity contribution >= 4 is 0 Å². The summed E-state index contributed by atoms with van der Waals surface area (Å²) >= 11 is 0. The summed E-state index contributed by atoms with van der Waals surface area (Å²) < 4.78 is 56.4. The van der Waals surface area contributed by atoms with Crippen LogP contribution in [0.2, 0.25) is 0 Å². The number of rotatable bonds is 8. The fraction of sp³-hybridized carbons (Fsp3) is 0.478. The summed E-state index contributed by atoms with van der Waals surface area (Å²) in [5.74, 6) is -2.05. The second-order valence-corrected chi connectivity index (χ2v) is 8.20. The highest BCUT2D eigenvalue weighted by Crippen LogP contribution is 2.23. The van der Waals surface area contributed by atoms with Crippen molar-refractivity contribution in [3.05, 3.63) is 70.8 Å². The van der Waals surface area contributed by atoms with Crippen LogP contribution in [-0.2, 0) is 12.8 Å². The van der Waals surface area contributed by atoms with Crippen LogP contribution in [0.3, 0.4) is 0 Å². The second kappa shape index (κ2) is 9.72. The lowest BCUT2D eigenvalue weighted by molar-refractivity contribution is -0.933. The number of quaternary nitrogens is 1. The molecule has 0 amide bonds. The number of nitrogens with two attached hydrogens (primary N) is 1. The number of piperidine rings is 1. The highest BCUT2D eigenvalue weighted by molar-refractivity contribution is 5.20. The number of nitrogens with zero attached hydrogens (tertiary/aromatic N) is 1. The molecule has 1 fully saturated rings. The summed E-state index contributed by atoms with van der Waals surface area (Å²) in [5, 5.41) is 0. The summed E-state index contributed by atoms with van der Waals surface area (Å²) in [7, 11) is 0. The van der Waals surface area contributed by atoms with E-state index in [1.54, 1.807) is 0 Å². The van der Waals surface area contributed by atoms with Crippen molar-refractivity contribution in [1.29, 1.82) is 0 Å². The van der Waals surface area contributed by atoms with Crippen LogP contribution in [0.25, 0.3) is 0 Å². The van der Waals surface area contributed by atoms with Crippen LogP contribution in [0, 0.1) is 23.3 Å². The first-order chi connectivity index (χ1) is 13.9. The van der Waals surface area contributed by atoms with Gasteiger partial charge in [0.2, 0.25) is 0 Å². The van der Waals surface area contributed by atoms with Crippen molar-refractivity contribution in [3.63, 3.8) is 0 Å². The molecule has 1 atom stereocenters. The minimum atomic E-state index is -0.512. The molecular formula is C23H29F4N2+. The Kier molecular flexibility index (Phi) is 7.30. The van der Waals surface area contributed by atoms with Gasteiger partial charge in [-0.05, 0) is 49.9 Å². The van der Waals surface area contributed by atoms with Crippen LogP contribution in [0.15, 0.2) is 36.4 Å². The Morgan fingerprint density at radius 2 is 1.24 bits per heavy atom. The molecule has 2 N–H and O–H groups in total. The lowest BCUT2D eigenvalue weighted by Gasteiger charge is -2.44. The Bertz CT molecular complexity index is 727. The van der Waals surface area contributed by atoms with Crippen LogP contribution < -0.4 is 5.73 Å². The summed E-state index contributed by atoms with van der Waals surface area (Å²) in [5.41, 5.74) is 6.47. The molecule has 6 heteroatoms. The third kappa shape index (κ3) is 5.58. The normalized spacial score (nSPS) is 18.7. The number of halogens is 4. The SMILES string of the molecule is NC1CCC[N+](CCCc2c(F)cccc2F)(CCCc2c(F)cccc2F)C1. The van der Waals surface area contributed by atoms with Crippen molar-refractivity contribution in [2.75, 3.05) is 26.2 Å². The zero-order valence-corrected chi connectivity index (χ0v) is 16.6. The average molecular weight is 409 g/mol. The van der Waals surface area contributed by atoms with Crippen LogP contribution >= 0.6 is 0 Å². The van der Waals surface area contributed by atoms with Gasteiger partial charge < -0.3 is 10.2 Å². The van der Waals surface area contributed by atoms with Gasteiger partial charge in [0.1, 0.15) is 23.3 Å². The molecule has 1 aliphatic heterocycles. The van der Waals surface area contributed by atoms with Gasteiger partial charge >= 0.3 is 0 Å².